The number of hydrazine groups is 1. The number of benzene rings is 2. The van der Waals surface area contributed by atoms with Gasteiger partial charge in [-0.3, -0.25) is 20.4 Å². The molecule has 0 spiro atoms. The number of carbonyl (C=O) groups is 3. The van der Waals surface area contributed by atoms with Crippen LogP contribution < -0.4 is 10.9 Å². The lowest BCUT2D eigenvalue weighted by molar-refractivity contribution is 0.0600. The van der Waals surface area contributed by atoms with Gasteiger partial charge in [0.25, 0.3) is 11.8 Å². The maximum absolute atomic E-state index is 12.0. The van der Waals surface area contributed by atoms with Crippen molar-refractivity contribution in [1.82, 2.24) is 10.9 Å². The monoisotopic (exact) mass is 338 g/mol. The summed E-state index contributed by atoms with van der Waals surface area (Å²) in [6, 6.07) is 12.7. The fourth-order valence-electron chi connectivity index (χ4n) is 2.04. The number of nitrogens with one attached hydrogen (secondary N) is 2. The molecule has 0 aliphatic heterocycles. The minimum Gasteiger partial charge on any atom is -0.465 e. The highest BCUT2D eigenvalue weighted by molar-refractivity contribution is 5.99. The number of hydrogen-bond acceptors (Lipinski definition) is 4. The summed E-state index contributed by atoms with van der Waals surface area (Å²) < 4.78 is 4.59. The van der Waals surface area contributed by atoms with Gasteiger partial charge in [0.05, 0.1) is 12.7 Å². The summed E-state index contributed by atoms with van der Waals surface area (Å²) in [5.41, 5.74) is 7.54. The van der Waals surface area contributed by atoms with Gasteiger partial charge in [-0.15, -0.1) is 0 Å². The van der Waals surface area contributed by atoms with Gasteiger partial charge in [0.2, 0.25) is 0 Å². The van der Waals surface area contributed by atoms with E-state index in [-0.39, 0.29) is 0 Å². The molecule has 6 nitrogen and oxygen atoms in total. The van der Waals surface area contributed by atoms with E-state index in [1.165, 1.54) is 31.4 Å². The largest absolute Gasteiger partial charge is 0.465 e. The van der Waals surface area contributed by atoms with Crippen molar-refractivity contribution >= 4 is 23.4 Å². The molecule has 0 bridgehead atoms. The summed E-state index contributed by atoms with van der Waals surface area (Å²) in [4.78, 5) is 35.4. The molecule has 0 saturated carbocycles. The Labute approximate surface area is 145 Å². The van der Waals surface area contributed by atoms with Crippen LogP contribution in [0.1, 0.15) is 43.6 Å². The lowest BCUT2D eigenvalue weighted by atomic mass is 10.1. The molecular weight excluding hydrogens is 320 g/mol. The summed E-state index contributed by atoms with van der Waals surface area (Å²) in [5.74, 6) is -1.42. The maximum atomic E-state index is 12.0. The Hall–Kier alpha value is -3.41. The van der Waals surface area contributed by atoms with Gasteiger partial charge in [-0.25, -0.2) is 4.79 Å². The van der Waals surface area contributed by atoms with Gasteiger partial charge in [-0.2, -0.15) is 0 Å². The van der Waals surface area contributed by atoms with Crippen molar-refractivity contribution in [2.75, 3.05) is 7.11 Å². The highest BCUT2D eigenvalue weighted by Crippen LogP contribution is 2.12. The normalized spacial score (nSPS) is 9.84. The van der Waals surface area contributed by atoms with Crippen molar-refractivity contribution in [3.63, 3.8) is 0 Å². The zero-order valence-electron chi connectivity index (χ0n) is 14.0. The average molecular weight is 338 g/mol. The SMILES string of the molecule is C=C(C)c1ccc(C(=O)NNC(=O)c2ccc(C(=O)OC)cc2)cc1. The first-order chi connectivity index (χ1) is 11.9. The number of carbonyl (C=O) groups excluding carboxylic acids is 3. The zero-order chi connectivity index (χ0) is 18.4. The van der Waals surface area contributed by atoms with Crippen LogP contribution in [0.3, 0.4) is 0 Å². The summed E-state index contributed by atoms with van der Waals surface area (Å²) in [7, 11) is 1.28. The topological polar surface area (TPSA) is 84.5 Å². The van der Waals surface area contributed by atoms with Crippen LogP contribution in [0.4, 0.5) is 0 Å². The van der Waals surface area contributed by atoms with Gasteiger partial charge in [-0.1, -0.05) is 24.3 Å². The maximum Gasteiger partial charge on any atom is 0.337 e. The molecule has 0 aliphatic rings. The molecule has 25 heavy (non-hydrogen) atoms. The van der Waals surface area contributed by atoms with Crippen molar-refractivity contribution in [2.45, 2.75) is 6.92 Å². The van der Waals surface area contributed by atoms with Crippen LogP contribution in [0.5, 0.6) is 0 Å². The molecule has 0 aliphatic carbocycles. The van der Waals surface area contributed by atoms with E-state index < -0.39 is 17.8 Å². The van der Waals surface area contributed by atoms with Crippen LogP contribution in [0.15, 0.2) is 55.1 Å². The number of rotatable bonds is 4. The number of methoxy groups -OCH3 is 1. The Morgan fingerprint density at radius 1 is 0.760 bits per heavy atom. The smallest absolute Gasteiger partial charge is 0.337 e. The Kier molecular flexibility index (Phi) is 5.68. The second-order valence-electron chi connectivity index (χ2n) is 5.33. The highest BCUT2D eigenvalue weighted by Gasteiger charge is 2.11. The molecule has 2 aromatic rings. The summed E-state index contributed by atoms with van der Waals surface area (Å²) in [5, 5.41) is 0. The van der Waals surface area contributed by atoms with Crippen LogP contribution in [-0.2, 0) is 4.74 Å². The van der Waals surface area contributed by atoms with Crippen LogP contribution in [0.2, 0.25) is 0 Å². The molecular formula is C19H18N2O4. The third-order valence-electron chi connectivity index (χ3n) is 3.50. The molecule has 0 atom stereocenters. The number of amides is 2. The van der Waals surface area contributed by atoms with Gasteiger partial charge in [0.15, 0.2) is 0 Å². The van der Waals surface area contributed by atoms with Crippen molar-refractivity contribution in [3.8, 4) is 0 Å². The van der Waals surface area contributed by atoms with Gasteiger partial charge in [0, 0.05) is 11.1 Å². The molecule has 0 radical (unpaired) electrons. The van der Waals surface area contributed by atoms with Gasteiger partial charge in [-0.05, 0) is 48.9 Å². The third kappa shape index (κ3) is 4.54. The quantitative estimate of drug-likeness (QED) is 0.663. The molecule has 128 valence electrons. The van der Waals surface area contributed by atoms with Crippen LogP contribution >= 0.6 is 0 Å². The molecule has 2 N–H and O–H groups in total. The second-order valence-corrected chi connectivity index (χ2v) is 5.33. The number of allylic oxidation sites excluding steroid dienone is 1. The van der Waals surface area contributed by atoms with E-state index in [2.05, 4.69) is 22.2 Å². The predicted octanol–water partition coefficient (Wildman–Crippen LogP) is 2.58. The molecule has 0 unspecified atom stereocenters. The van der Waals surface area contributed by atoms with Crippen LogP contribution in [-0.4, -0.2) is 24.9 Å². The van der Waals surface area contributed by atoms with E-state index in [0.717, 1.165) is 11.1 Å². The Morgan fingerprint density at radius 2 is 1.12 bits per heavy atom. The standard InChI is InChI=1S/C19H18N2O4/c1-12(2)13-4-6-14(7-5-13)17(22)20-21-18(23)15-8-10-16(11-9-15)19(24)25-3/h4-11H,1H2,2-3H3,(H,20,22)(H,21,23). The summed E-state index contributed by atoms with van der Waals surface area (Å²) in [6.07, 6.45) is 0. The van der Waals surface area contributed by atoms with E-state index in [9.17, 15) is 14.4 Å². The predicted molar refractivity (Wildman–Crippen MR) is 93.9 cm³/mol. The van der Waals surface area contributed by atoms with Gasteiger partial charge >= 0.3 is 5.97 Å². The third-order valence-corrected chi connectivity index (χ3v) is 3.50. The Bertz CT molecular complexity index is 808. The Morgan fingerprint density at radius 3 is 1.48 bits per heavy atom. The fourth-order valence-corrected chi connectivity index (χ4v) is 2.04. The van der Waals surface area contributed by atoms with E-state index in [4.69, 9.17) is 0 Å². The Balaban J connectivity index is 1.95. The van der Waals surface area contributed by atoms with Crippen molar-refractivity contribution in [3.05, 3.63) is 77.4 Å². The molecule has 0 heterocycles. The minimum absolute atomic E-state index is 0.297. The zero-order valence-corrected chi connectivity index (χ0v) is 14.0. The first-order valence-corrected chi connectivity index (χ1v) is 7.47. The molecule has 0 aromatic heterocycles. The van der Waals surface area contributed by atoms with E-state index >= 15 is 0 Å². The number of esters is 1. The fraction of sp³-hybridized carbons (Fsp3) is 0.105. The van der Waals surface area contributed by atoms with Gasteiger partial charge in [0.1, 0.15) is 0 Å². The van der Waals surface area contributed by atoms with E-state index in [1.807, 2.05) is 6.92 Å². The molecule has 2 amide bonds. The highest BCUT2D eigenvalue weighted by atomic mass is 16.5. The molecule has 0 saturated heterocycles. The van der Waals surface area contributed by atoms with Gasteiger partial charge < -0.3 is 4.74 Å². The lowest BCUT2D eigenvalue weighted by Gasteiger charge is -2.08. The first kappa shape index (κ1) is 17.9. The first-order valence-electron chi connectivity index (χ1n) is 7.47. The van der Waals surface area contributed by atoms with E-state index in [0.29, 0.717) is 16.7 Å². The number of hydrogen-bond donors (Lipinski definition) is 2. The summed E-state index contributed by atoms with van der Waals surface area (Å²) in [6.45, 7) is 5.70. The van der Waals surface area contributed by atoms with Crippen molar-refractivity contribution in [1.29, 1.82) is 0 Å². The van der Waals surface area contributed by atoms with Crippen molar-refractivity contribution < 1.29 is 19.1 Å². The second kappa shape index (κ2) is 7.92. The average Bonchev–Trinajstić information content (AvgIpc) is 2.65. The minimum atomic E-state index is -0.497. The molecule has 0 fully saturated rings. The number of ether oxygens (including phenoxy) is 1. The van der Waals surface area contributed by atoms with Crippen LogP contribution in [0.25, 0.3) is 5.57 Å². The lowest BCUT2D eigenvalue weighted by Crippen LogP contribution is -2.41. The van der Waals surface area contributed by atoms with E-state index in [1.54, 1.807) is 24.3 Å². The van der Waals surface area contributed by atoms with Crippen LogP contribution in [0, 0.1) is 0 Å². The molecule has 2 aromatic carbocycles. The molecule has 6 heteroatoms. The molecule has 2 rings (SSSR count). The summed E-state index contributed by atoms with van der Waals surface area (Å²) >= 11 is 0. The van der Waals surface area contributed by atoms with Crippen molar-refractivity contribution in [2.24, 2.45) is 0 Å².